The summed E-state index contributed by atoms with van der Waals surface area (Å²) >= 11 is 0. The average molecular weight is 358 g/mol. The summed E-state index contributed by atoms with van der Waals surface area (Å²) in [6.07, 6.45) is 1.27. The van der Waals surface area contributed by atoms with E-state index in [1.807, 2.05) is 4.57 Å². The number of imidazole rings is 1. The molecular formula is C17H25F3N4O. The van der Waals surface area contributed by atoms with E-state index in [-0.39, 0.29) is 11.8 Å². The Bertz CT molecular complexity index is 614. The summed E-state index contributed by atoms with van der Waals surface area (Å²) in [6, 6.07) is 0. The largest absolute Gasteiger partial charge is 0.401 e. The summed E-state index contributed by atoms with van der Waals surface area (Å²) in [6.45, 7) is 3.54. The third-order valence-corrected chi connectivity index (χ3v) is 5.13. The lowest BCUT2D eigenvalue weighted by Crippen LogP contribution is -2.38. The molecule has 2 aliphatic rings. The number of likely N-dealkylation sites (tertiary alicyclic amines) is 1. The zero-order chi connectivity index (χ0) is 18.0. The lowest BCUT2D eigenvalue weighted by Gasteiger charge is -2.25. The van der Waals surface area contributed by atoms with Crippen LogP contribution in [0.5, 0.6) is 0 Å². The van der Waals surface area contributed by atoms with Crippen molar-refractivity contribution < 1.29 is 18.0 Å². The van der Waals surface area contributed by atoms with Gasteiger partial charge in [-0.15, -0.1) is 0 Å². The highest BCUT2D eigenvalue weighted by Crippen LogP contribution is 2.24. The van der Waals surface area contributed by atoms with Crippen molar-refractivity contribution in [2.75, 3.05) is 32.7 Å². The first kappa shape index (κ1) is 18.2. The third kappa shape index (κ3) is 4.34. The number of amides is 1. The van der Waals surface area contributed by atoms with Gasteiger partial charge >= 0.3 is 6.18 Å². The molecule has 1 aromatic rings. The standard InChI is InChI=1S/C17H25F3N4O/c1-2-22(12-17(18,19)20)10-13-6-8-23(11-13)16(25)14-9-21-15-5-3-4-7-24(14)15/h9,13H,2-8,10-12H2,1H3. The summed E-state index contributed by atoms with van der Waals surface area (Å²) in [7, 11) is 0. The van der Waals surface area contributed by atoms with Crippen molar-refractivity contribution in [3.63, 3.8) is 0 Å². The molecule has 0 aromatic carbocycles. The van der Waals surface area contributed by atoms with E-state index < -0.39 is 12.7 Å². The van der Waals surface area contributed by atoms with Gasteiger partial charge in [0.2, 0.25) is 0 Å². The van der Waals surface area contributed by atoms with Crippen molar-refractivity contribution in [3.8, 4) is 0 Å². The fourth-order valence-corrected chi connectivity index (χ4v) is 3.84. The van der Waals surface area contributed by atoms with E-state index in [2.05, 4.69) is 4.98 Å². The Morgan fingerprint density at radius 2 is 2.16 bits per heavy atom. The van der Waals surface area contributed by atoms with Crippen molar-refractivity contribution >= 4 is 5.91 Å². The molecule has 1 amide bonds. The quantitative estimate of drug-likeness (QED) is 0.812. The van der Waals surface area contributed by atoms with E-state index in [1.54, 1.807) is 18.0 Å². The molecule has 1 atom stereocenters. The van der Waals surface area contributed by atoms with E-state index in [0.717, 1.165) is 38.1 Å². The molecule has 0 radical (unpaired) electrons. The molecule has 3 heterocycles. The van der Waals surface area contributed by atoms with Gasteiger partial charge in [-0.1, -0.05) is 6.92 Å². The lowest BCUT2D eigenvalue weighted by molar-refractivity contribution is -0.146. The third-order valence-electron chi connectivity index (χ3n) is 5.13. The number of hydrogen-bond acceptors (Lipinski definition) is 3. The van der Waals surface area contributed by atoms with Crippen LogP contribution < -0.4 is 0 Å². The van der Waals surface area contributed by atoms with Crippen molar-refractivity contribution in [1.82, 2.24) is 19.4 Å². The number of fused-ring (bicyclic) bond motifs is 1. The summed E-state index contributed by atoms with van der Waals surface area (Å²) in [5.41, 5.74) is 0.623. The molecule has 0 N–H and O–H groups in total. The molecule has 0 aliphatic carbocycles. The molecule has 1 saturated heterocycles. The number of halogens is 3. The molecule has 0 saturated carbocycles. The summed E-state index contributed by atoms with van der Waals surface area (Å²) in [5.74, 6) is 1.02. The van der Waals surface area contributed by atoms with E-state index >= 15 is 0 Å². The summed E-state index contributed by atoms with van der Waals surface area (Å²) in [4.78, 5) is 20.3. The zero-order valence-electron chi connectivity index (χ0n) is 14.6. The van der Waals surface area contributed by atoms with Gasteiger partial charge in [0.15, 0.2) is 0 Å². The van der Waals surface area contributed by atoms with Crippen molar-refractivity contribution in [2.24, 2.45) is 5.92 Å². The number of carbonyl (C=O) groups excluding carboxylic acids is 1. The predicted octanol–water partition coefficient (Wildman–Crippen LogP) is 2.57. The second-order valence-corrected chi connectivity index (χ2v) is 7.02. The van der Waals surface area contributed by atoms with Crippen molar-refractivity contribution in [1.29, 1.82) is 0 Å². The molecule has 140 valence electrons. The molecule has 1 fully saturated rings. The van der Waals surface area contributed by atoms with Gasteiger partial charge in [0.25, 0.3) is 5.91 Å². The van der Waals surface area contributed by atoms with Crippen molar-refractivity contribution in [3.05, 3.63) is 17.7 Å². The van der Waals surface area contributed by atoms with Gasteiger partial charge in [-0.3, -0.25) is 9.69 Å². The molecule has 25 heavy (non-hydrogen) atoms. The Kier molecular flexibility index (Phi) is 5.36. The Hall–Kier alpha value is -1.57. The fraction of sp³-hybridized carbons (Fsp3) is 0.765. The minimum absolute atomic E-state index is 0.0398. The van der Waals surface area contributed by atoms with E-state index in [0.29, 0.717) is 31.9 Å². The first-order chi connectivity index (χ1) is 11.9. The van der Waals surface area contributed by atoms with Crippen LogP contribution in [0.3, 0.4) is 0 Å². The maximum absolute atomic E-state index is 12.8. The normalized spacial score (nSPS) is 21.0. The highest BCUT2D eigenvalue weighted by Gasteiger charge is 2.34. The highest BCUT2D eigenvalue weighted by atomic mass is 19.4. The molecule has 0 spiro atoms. The molecule has 8 heteroatoms. The van der Waals surface area contributed by atoms with Crippen LogP contribution in [-0.4, -0.2) is 64.2 Å². The van der Waals surface area contributed by atoms with Crippen molar-refractivity contribution in [2.45, 2.75) is 45.3 Å². The molecule has 1 aromatic heterocycles. The topological polar surface area (TPSA) is 41.4 Å². The number of aromatic nitrogens is 2. The predicted molar refractivity (Wildman–Crippen MR) is 87.3 cm³/mol. The van der Waals surface area contributed by atoms with Gasteiger partial charge in [0.1, 0.15) is 11.5 Å². The van der Waals surface area contributed by atoms with Gasteiger partial charge in [0.05, 0.1) is 12.7 Å². The minimum atomic E-state index is -4.18. The van der Waals surface area contributed by atoms with E-state index in [1.165, 1.54) is 4.90 Å². The number of rotatable bonds is 5. The maximum Gasteiger partial charge on any atom is 0.401 e. The Morgan fingerprint density at radius 1 is 1.36 bits per heavy atom. The van der Waals surface area contributed by atoms with Crippen LogP contribution in [0.15, 0.2) is 6.20 Å². The van der Waals surface area contributed by atoms with Crippen LogP contribution >= 0.6 is 0 Å². The second-order valence-electron chi connectivity index (χ2n) is 7.02. The molecule has 5 nitrogen and oxygen atoms in total. The summed E-state index contributed by atoms with van der Waals surface area (Å²) in [5, 5.41) is 0. The Labute approximate surface area is 145 Å². The van der Waals surface area contributed by atoms with E-state index in [9.17, 15) is 18.0 Å². The second kappa shape index (κ2) is 7.35. The number of alkyl halides is 3. The monoisotopic (exact) mass is 358 g/mol. The average Bonchev–Trinajstić information content (AvgIpc) is 3.19. The SMILES string of the molecule is CCN(CC1CCN(C(=O)c2cnc3n2CCCC3)C1)CC(F)(F)F. The van der Waals surface area contributed by atoms with Crippen LogP contribution in [0.25, 0.3) is 0 Å². The number of carbonyl (C=O) groups is 1. The zero-order valence-corrected chi connectivity index (χ0v) is 14.6. The minimum Gasteiger partial charge on any atom is -0.337 e. The Balaban J connectivity index is 1.59. The van der Waals surface area contributed by atoms with Crippen LogP contribution in [0.4, 0.5) is 13.2 Å². The number of aryl methyl sites for hydroxylation is 1. The lowest BCUT2D eigenvalue weighted by atomic mass is 10.1. The van der Waals surface area contributed by atoms with E-state index in [4.69, 9.17) is 0 Å². The first-order valence-corrected chi connectivity index (χ1v) is 9.00. The van der Waals surface area contributed by atoms with Gasteiger partial charge < -0.3 is 9.47 Å². The van der Waals surface area contributed by atoms with Crippen LogP contribution in [0.2, 0.25) is 0 Å². The van der Waals surface area contributed by atoms with Crippen LogP contribution in [0, 0.1) is 5.92 Å². The molecule has 1 unspecified atom stereocenters. The molecule has 3 rings (SSSR count). The number of hydrogen-bond donors (Lipinski definition) is 0. The van der Waals surface area contributed by atoms with Gasteiger partial charge in [-0.2, -0.15) is 13.2 Å². The summed E-state index contributed by atoms with van der Waals surface area (Å²) < 4.78 is 39.8. The molecular weight excluding hydrogens is 333 g/mol. The fourth-order valence-electron chi connectivity index (χ4n) is 3.84. The smallest absolute Gasteiger partial charge is 0.337 e. The first-order valence-electron chi connectivity index (χ1n) is 9.00. The van der Waals surface area contributed by atoms with Gasteiger partial charge in [0, 0.05) is 32.6 Å². The molecule has 2 aliphatic heterocycles. The van der Waals surface area contributed by atoms with Crippen LogP contribution in [0.1, 0.15) is 42.5 Å². The van der Waals surface area contributed by atoms with Crippen LogP contribution in [-0.2, 0) is 13.0 Å². The number of nitrogens with zero attached hydrogens (tertiary/aromatic N) is 4. The van der Waals surface area contributed by atoms with Gasteiger partial charge in [-0.25, -0.2) is 4.98 Å². The maximum atomic E-state index is 12.8. The van der Waals surface area contributed by atoms with Gasteiger partial charge in [-0.05, 0) is 31.7 Å². The Morgan fingerprint density at radius 3 is 2.88 bits per heavy atom. The highest BCUT2D eigenvalue weighted by molar-refractivity contribution is 5.92. The molecule has 0 bridgehead atoms.